The first-order valence-corrected chi connectivity index (χ1v) is 7.63. The summed E-state index contributed by atoms with van der Waals surface area (Å²) in [6.45, 7) is 0.883. The maximum atomic E-state index is 11.2. The van der Waals surface area contributed by atoms with E-state index in [2.05, 4.69) is 9.97 Å². The Morgan fingerprint density at radius 2 is 2.15 bits per heavy atom. The number of hydrogen-bond acceptors (Lipinski definition) is 2. The Morgan fingerprint density at radius 3 is 2.95 bits per heavy atom. The van der Waals surface area contributed by atoms with Gasteiger partial charge in [-0.1, -0.05) is 6.07 Å². The van der Waals surface area contributed by atoms with Crippen LogP contribution in [0.2, 0.25) is 0 Å². The number of aromatic amines is 2. The number of imidazole rings is 1. The summed E-state index contributed by atoms with van der Waals surface area (Å²) in [4.78, 5) is 16.7. The number of rotatable bonds is 4. The predicted molar refractivity (Wildman–Crippen MR) is 80.3 cm³/mol. The first-order chi connectivity index (χ1) is 9.72. The van der Waals surface area contributed by atoms with Crippen molar-refractivity contribution in [2.45, 2.75) is 43.6 Å². The molecule has 2 unspecified atom stereocenters. The van der Waals surface area contributed by atoms with Crippen LogP contribution in [0.25, 0.3) is 11.0 Å². The van der Waals surface area contributed by atoms with Gasteiger partial charge in [0.1, 0.15) is 0 Å². The molecule has 0 saturated carbocycles. The maximum absolute atomic E-state index is 11.2. The van der Waals surface area contributed by atoms with Crippen LogP contribution in [0.4, 0.5) is 0 Å². The minimum Gasteiger partial charge on any atom is -0.378 e. The van der Waals surface area contributed by atoms with Crippen LogP contribution >= 0.6 is 11.6 Å². The lowest BCUT2D eigenvalue weighted by atomic mass is 10.0. The molecule has 0 radical (unpaired) electrons. The van der Waals surface area contributed by atoms with Crippen molar-refractivity contribution in [3.63, 3.8) is 0 Å². The molecular formula is C15H19ClN2O2. The number of benzene rings is 1. The van der Waals surface area contributed by atoms with Crippen molar-refractivity contribution in [2.75, 3.05) is 6.61 Å². The van der Waals surface area contributed by atoms with Gasteiger partial charge in [0.05, 0.1) is 22.5 Å². The van der Waals surface area contributed by atoms with E-state index in [9.17, 15) is 4.79 Å². The molecule has 1 aliphatic heterocycles. The standard InChI is InChI=1S/C15H19ClN2O2/c16-12(6-5-11-3-1-2-8-20-11)10-4-7-13-14(9-10)18-15(19)17-13/h4,7,9,11-12H,1-3,5-6,8H2,(H2,17,18,19). The normalized spacial score (nSPS) is 21.1. The maximum Gasteiger partial charge on any atom is 0.323 e. The third kappa shape index (κ3) is 3.07. The Bertz CT molecular complexity index is 628. The predicted octanol–water partition coefficient (Wildman–Crippen LogP) is 3.49. The van der Waals surface area contributed by atoms with Gasteiger partial charge in [-0.05, 0) is 49.8 Å². The Hall–Kier alpha value is -1.26. The third-order valence-corrected chi connectivity index (χ3v) is 4.39. The molecule has 0 amide bonds. The molecule has 1 fully saturated rings. The first-order valence-electron chi connectivity index (χ1n) is 7.20. The van der Waals surface area contributed by atoms with Gasteiger partial charge in [-0.3, -0.25) is 0 Å². The molecule has 3 rings (SSSR count). The quantitative estimate of drug-likeness (QED) is 0.848. The Kier molecular flexibility index (Phi) is 4.13. The fraction of sp³-hybridized carbons (Fsp3) is 0.533. The van der Waals surface area contributed by atoms with Crippen molar-refractivity contribution in [3.8, 4) is 0 Å². The van der Waals surface area contributed by atoms with Crippen molar-refractivity contribution in [1.82, 2.24) is 9.97 Å². The van der Waals surface area contributed by atoms with Crippen molar-refractivity contribution < 1.29 is 4.74 Å². The molecule has 2 heterocycles. The summed E-state index contributed by atoms with van der Waals surface area (Å²) in [6.07, 6.45) is 5.84. The molecule has 1 saturated heterocycles. The van der Waals surface area contributed by atoms with Gasteiger partial charge in [-0.15, -0.1) is 11.6 Å². The highest BCUT2D eigenvalue weighted by atomic mass is 35.5. The van der Waals surface area contributed by atoms with E-state index in [4.69, 9.17) is 16.3 Å². The van der Waals surface area contributed by atoms with Gasteiger partial charge in [0.2, 0.25) is 0 Å². The molecule has 0 aliphatic carbocycles. The zero-order valence-corrected chi connectivity index (χ0v) is 12.1. The largest absolute Gasteiger partial charge is 0.378 e. The van der Waals surface area contributed by atoms with Crippen molar-refractivity contribution in [3.05, 3.63) is 34.2 Å². The topological polar surface area (TPSA) is 57.9 Å². The van der Waals surface area contributed by atoms with Crippen LogP contribution < -0.4 is 5.69 Å². The molecule has 1 aromatic heterocycles. The summed E-state index contributed by atoms with van der Waals surface area (Å²) < 4.78 is 5.73. The summed E-state index contributed by atoms with van der Waals surface area (Å²) in [6, 6.07) is 5.83. The van der Waals surface area contributed by atoms with Gasteiger partial charge in [0, 0.05) is 6.61 Å². The molecule has 0 spiro atoms. The van der Waals surface area contributed by atoms with Gasteiger partial charge in [-0.25, -0.2) is 4.79 Å². The average Bonchev–Trinajstić information content (AvgIpc) is 2.85. The van der Waals surface area contributed by atoms with E-state index in [-0.39, 0.29) is 11.1 Å². The highest BCUT2D eigenvalue weighted by molar-refractivity contribution is 6.20. The van der Waals surface area contributed by atoms with E-state index in [1.54, 1.807) is 0 Å². The molecule has 5 heteroatoms. The molecule has 2 atom stereocenters. The smallest absolute Gasteiger partial charge is 0.323 e. The lowest BCUT2D eigenvalue weighted by Crippen LogP contribution is -2.19. The molecule has 1 aromatic carbocycles. The fourth-order valence-corrected chi connectivity index (χ4v) is 3.04. The molecule has 0 bridgehead atoms. The number of alkyl halides is 1. The van der Waals surface area contributed by atoms with Crippen LogP contribution in [0.1, 0.15) is 43.0 Å². The molecule has 4 nitrogen and oxygen atoms in total. The molecular weight excluding hydrogens is 276 g/mol. The zero-order valence-electron chi connectivity index (χ0n) is 11.3. The van der Waals surface area contributed by atoms with E-state index >= 15 is 0 Å². The Balaban J connectivity index is 1.65. The van der Waals surface area contributed by atoms with Gasteiger partial charge in [-0.2, -0.15) is 0 Å². The van der Waals surface area contributed by atoms with Crippen LogP contribution in [0, 0.1) is 0 Å². The lowest BCUT2D eigenvalue weighted by Gasteiger charge is -2.23. The summed E-state index contributed by atoms with van der Waals surface area (Å²) in [5, 5.41) is -0.0386. The number of aromatic nitrogens is 2. The highest BCUT2D eigenvalue weighted by Gasteiger charge is 2.17. The second-order valence-electron chi connectivity index (χ2n) is 5.42. The van der Waals surface area contributed by atoms with Crippen LogP contribution in [-0.2, 0) is 4.74 Å². The minimum absolute atomic E-state index is 0.0386. The van der Waals surface area contributed by atoms with Crippen LogP contribution in [0.3, 0.4) is 0 Å². The molecule has 20 heavy (non-hydrogen) atoms. The number of nitrogens with one attached hydrogen (secondary N) is 2. The first kappa shape index (κ1) is 13.7. The number of H-pyrrole nitrogens is 2. The van der Waals surface area contributed by atoms with Gasteiger partial charge in [0.25, 0.3) is 0 Å². The number of ether oxygens (including phenoxy) is 1. The van der Waals surface area contributed by atoms with E-state index in [0.717, 1.165) is 42.5 Å². The number of halogens is 1. The summed E-state index contributed by atoms with van der Waals surface area (Å²) in [5.74, 6) is 0. The zero-order chi connectivity index (χ0) is 13.9. The summed E-state index contributed by atoms with van der Waals surface area (Å²) in [5.41, 5.74) is 2.49. The SMILES string of the molecule is O=c1[nH]c2ccc(C(Cl)CCC3CCCCO3)cc2[nH]1. The minimum atomic E-state index is -0.182. The molecule has 2 N–H and O–H groups in total. The van der Waals surface area contributed by atoms with Crippen molar-refractivity contribution >= 4 is 22.6 Å². The Labute approximate surface area is 122 Å². The summed E-state index contributed by atoms with van der Waals surface area (Å²) >= 11 is 6.47. The summed E-state index contributed by atoms with van der Waals surface area (Å²) in [7, 11) is 0. The van der Waals surface area contributed by atoms with Crippen LogP contribution in [0.15, 0.2) is 23.0 Å². The monoisotopic (exact) mass is 294 g/mol. The van der Waals surface area contributed by atoms with Crippen LogP contribution in [0.5, 0.6) is 0 Å². The molecule has 108 valence electrons. The second kappa shape index (κ2) is 6.02. The van der Waals surface area contributed by atoms with Crippen molar-refractivity contribution in [2.24, 2.45) is 0 Å². The fourth-order valence-electron chi connectivity index (χ4n) is 2.78. The van der Waals surface area contributed by atoms with Crippen molar-refractivity contribution in [1.29, 1.82) is 0 Å². The van der Waals surface area contributed by atoms with E-state index in [1.165, 1.54) is 12.8 Å². The van der Waals surface area contributed by atoms with Gasteiger partial charge >= 0.3 is 5.69 Å². The molecule has 1 aliphatic rings. The van der Waals surface area contributed by atoms with E-state index < -0.39 is 0 Å². The lowest BCUT2D eigenvalue weighted by molar-refractivity contribution is 0.0100. The van der Waals surface area contributed by atoms with Gasteiger partial charge < -0.3 is 14.7 Å². The van der Waals surface area contributed by atoms with E-state index in [0.29, 0.717) is 6.10 Å². The number of hydrogen-bond donors (Lipinski definition) is 2. The highest BCUT2D eigenvalue weighted by Crippen LogP contribution is 2.29. The van der Waals surface area contributed by atoms with E-state index in [1.807, 2.05) is 18.2 Å². The number of fused-ring (bicyclic) bond motifs is 1. The second-order valence-corrected chi connectivity index (χ2v) is 5.94. The van der Waals surface area contributed by atoms with Crippen LogP contribution in [-0.4, -0.2) is 22.7 Å². The molecule has 2 aromatic rings. The third-order valence-electron chi connectivity index (χ3n) is 3.92. The Morgan fingerprint density at radius 1 is 1.30 bits per heavy atom. The average molecular weight is 295 g/mol. The van der Waals surface area contributed by atoms with Gasteiger partial charge in [0.15, 0.2) is 0 Å².